The molecule has 0 radical (unpaired) electrons. The van der Waals surface area contributed by atoms with E-state index in [0.29, 0.717) is 14.4 Å². The van der Waals surface area contributed by atoms with Gasteiger partial charge in [0.15, 0.2) is 11.4 Å². The van der Waals surface area contributed by atoms with Crippen LogP contribution >= 0.6 is 34.4 Å². The molecule has 1 rings (SSSR count). The summed E-state index contributed by atoms with van der Waals surface area (Å²) in [5, 5.41) is 20.2. The predicted octanol–water partition coefficient (Wildman–Crippen LogP) is 2.41. The van der Waals surface area contributed by atoms with Crippen LogP contribution in [0, 0.1) is 15.0 Å². The van der Waals surface area contributed by atoms with E-state index >= 15 is 0 Å². The van der Waals surface area contributed by atoms with Gasteiger partial charge in [-0.1, -0.05) is 11.8 Å². The summed E-state index contributed by atoms with van der Waals surface area (Å²) in [6, 6.07) is 4.63. The number of benzene rings is 1. The van der Waals surface area contributed by atoms with E-state index in [1.54, 1.807) is 18.5 Å². The van der Waals surface area contributed by atoms with Gasteiger partial charge in [-0.15, -0.1) is 0 Å². The van der Waals surface area contributed by atoms with Crippen molar-refractivity contribution in [1.82, 2.24) is 5.32 Å². The number of halogens is 1. The fourth-order valence-corrected chi connectivity index (χ4v) is 1.99. The minimum absolute atomic E-state index is 0.215. The average Bonchev–Trinajstić information content (AvgIpc) is 2.30. The molecule has 0 aliphatic heterocycles. The molecule has 0 fully saturated rings. The van der Waals surface area contributed by atoms with Crippen LogP contribution in [-0.2, 0) is 0 Å². The van der Waals surface area contributed by atoms with Crippen LogP contribution in [0.1, 0.15) is 10.4 Å². The highest BCUT2D eigenvalue weighted by molar-refractivity contribution is 14.1. The summed E-state index contributed by atoms with van der Waals surface area (Å²) in [5.41, 5.74) is 0.843. The summed E-state index contributed by atoms with van der Waals surface area (Å²) in [5.74, 6) is -0.973. The Morgan fingerprint density at radius 1 is 1.65 bits per heavy atom. The largest absolute Gasteiger partial charge is 0.478 e. The van der Waals surface area contributed by atoms with Crippen molar-refractivity contribution in [2.45, 2.75) is 0 Å². The normalized spacial score (nSPS) is 10.8. The first-order valence-corrected chi connectivity index (χ1v) is 6.69. The second-order valence-electron chi connectivity index (χ2n) is 2.83. The molecule has 0 heterocycles. The minimum atomic E-state index is -0.973. The number of nitriles is 1. The van der Waals surface area contributed by atoms with Crippen molar-refractivity contribution < 1.29 is 9.90 Å². The van der Waals surface area contributed by atoms with E-state index in [0.717, 1.165) is 0 Å². The molecule has 0 aliphatic carbocycles. The second kappa shape index (κ2) is 6.46. The van der Waals surface area contributed by atoms with E-state index in [1.165, 1.54) is 23.9 Å². The molecule has 2 N–H and O–H groups in total. The number of nitrogens with zero attached hydrogens (tertiary/aromatic N) is 2. The Bertz CT molecular complexity index is 511. The second-order valence-corrected chi connectivity index (χ2v) is 4.79. The number of thioether (sulfide) groups is 1. The van der Waals surface area contributed by atoms with Gasteiger partial charge in [0.2, 0.25) is 0 Å². The first-order valence-electron chi connectivity index (χ1n) is 4.39. The van der Waals surface area contributed by atoms with Crippen molar-refractivity contribution >= 4 is 51.2 Å². The van der Waals surface area contributed by atoms with Gasteiger partial charge in [-0.2, -0.15) is 5.26 Å². The molecule has 0 saturated heterocycles. The Morgan fingerprint density at radius 3 is 2.82 bits per heavy atom. The van der Waals surface area contributed by atoms with Gasteiger partial charge in [0.1, 0.15) is 0 Å². The lowest BCUT2D eigenvalue weighted by Gasteiger charge is -2.03. The van der Waals surface area contributed by atoms with E-state index in [2.05, 4.69) is 10.3 Å². The van der Waals surface area contributed by atoms with Crippen molar-refractivity contribution in [1.29, 1.82) is 5.26 Å². The lowest BCUT2D eigenvalue weighted by atomic mass is 10.2. The number of nitrogens with one attached hydrogen (secondary N) is 1. The van der Waals surface area contributed by atoms with Gasteiger partial charge in [0.25, 0.3) is 0 Å². The van der Waals surface area contributed by atoms with Gasteiger partial charge in [-0.05, 0) is 47.0 Å². The molecule has 1 aromatic rings. The zero-order valence-electron chi connectivity index (χ0n) is 8.77. The third-order valence-electron chi connectivity index (χ3n) is 1.77. The summed E-state index contributed by atoms with van der Waals surface area (Å²) in [4.78, 5) is 15.0. The summed E-state index contributed by atoms with van der Waals surface area (Å²) < 4.78 is 0.716. The first-order chi connectivity index (χ1) is 8.08. The molecule has 0 aliphatic rings. The maximum atomic E-state index is 10.7. The van der Waals surface area contributed by atoms with Gasteiger partial charge in [-0.25, -0.2) is 9.79 Å². The van der Waals surface area contributed by atoms with Crippen molar-refractivity contribution in [2.24, 2.45) is 4.99 Å². The Balaban J connectivity index is 3.08. The molecule has 0 unspecified atom stereocenters. The van der Waals surface area contributed by atoms with Gasteiger partial charge in [0, 0.05) is 3.57 Å². The molecular weight excluding hydrogens is 353 g/mol. The minimum Gasteiger partial charge on any atom is -0.478 e. The number of rotatable bonds is 2. The fraction of sp³-hybridized carbons (Fsp3) is 0.100. The average molecular weight is 361 g/mol. The molecule has 0 spiro atoms. The van der Waals surface area contributed by atoms with Gasteiger partial charge >= 0.3 is 5.97 Å². The van der Waals surface area contributed by atoms with E-state index in [9.17, 15) is 4.79 Å². The number of aliphatic imine (C=N–C) groups is 1. The number of amidine groups is 1. The van der Waals surface area contributed by atoms with Gasteiger partial charge in [0.05, 0.1) is 11.3 Å². The third kappa shape index (κ3) is 3.90. The highest BCUT2D eigenvalue weighted by atomic mass is 127. The highest BCUT2D eigenvalue weighted by Gasteiger charge is 2.06. The summed E-state index contributed by atoms with van der Waals surface area (Å²) in [6.07, 6.45) is 3.58. The lowest BCUT2D eigenvalue weighted by Crippen LogP contribution is -2.12. The van der Waals surface area contributed by atoms with Crippen molar-refractivity contribution in [3.63, 3.8) is 0 Å². The maximum Gasteiger partial charge on any atom is 0.335 e. The Hall–Kier alpha value is -1.27. The zero-order chi connectivity index (χ0) is 12.8. The molecular formula is C10H8IN3O2S. The number of hydrogen-bond acceptors (Lipinski definition) is 4. The van der Waals surface area contributed by atoms with Crippen molar-refractivity contribution in [2.75, 3.05) is 6.26 Å². The standard InChI is InChI=1S/C10H8IN3O2S/c1-17-10(13-5-12)14-8-3-2-6(9(15)16)4-7(8)11/h2-4H,1H3,(H,13,14)(H,15,16). The fourth-order valence-electron chi connectivity index (χ4n) is 1.01. The Kier molecular flexibility index (Phi) is 5.24. The number of hydrogen-bond donors (Lipinski definition) is 2. The highest BCUT2D eigenvalue weighted by Crippen LogP contribution is 2.23. The Labute approximate surface area is 116 Å². The number of carboxylic acids is 1. The summed E-state index contributed by atoms with van der Waals surface area (Å²) >= 11 is 3.31. The molecule has 0 saturated carbocycles. The lowest BCUT2D eigenvalue weighted by molar-refractivity contribution is 0.0697. The molecule has 7 heteroatoms. The smallest absolute Gasteiger partial charge is 0.335 e. The van der Waals surface area contributed by atoms with Crippen LogP contribution in [0.3, 0.4) is 0 Å². The van der Waals surface area contributed by atoms with Crippen LogP contribution in [0.5, 0.6) is 0 Å². The maximum absolute atomic E-state index is 10.7. The molecule has 0 atom stereocenters. The topological polar surface area (TPSA) is 85.5 Å². The van der Waals surface area contributed by atoms with E-state index in [-0.39, 0.29) is 5.56 Å². The van der Waals surface area contributed by atoms with E-state index < -0.39 is 5.97 Å². The third-order valence-corrected chi connectivity index (χ3v) is 3.22. The van der Waals surface area contributed by atoms with Crippen molar-refractivity contribution in [3.05, 3.63) is 27.3 Å². The monoisotopic (exact) mass is 361 g/mol. The SMILES string of the molecule is CSC(=Nc1ccc(C(=O)O)cc1I)NC#N. The molecule has 0 amide bonds. The predicted molar refractivity (Wildman–Crippen MR) is 75.5 cm³/mol. The molecule has 88 valence electrons. The van der Waals surface area contributed by atoms with Crippen LogP contribution in [0.2, 0.25) is 0 Å². The summed E-state index contributed by atoms with van der Waals surface area (Å²) in [7, 11) is 0. The molecule has 1 aromatic carbocycles. The Morgan fingerprint density at radius 2 is 2.35 bits per heavy atom. The first kappa shape index (κ1) is 13.8. The van der Waals surface area contributed by atoms with Crippen LogP contribution in [0.15, 0.2) is 23.2 Å². The van der Waals surface area contributed by atoms with Gasteiger partial charge < -0.3 is 5.11 Å². The number of aromatic carboxylic acids is 1. The molecule has 0 aromatic heterocycles. The van der Waals surface area contributed by atoms with E-state index in [4.69, 9.17) is 10.4 Å². The molecule has 17 heavy (non-hydrogen) atoms. The molecule has 5 nitrogen and oxygen atoms in total. The quantitative estimate of drug-likeness (QED) is 0.278. The van der Waals surface area contributed by atoms with Crippen LogP contribution in [0.4, 0.5) is 5.69 Å². The van der Waals surface area contributed by atoms with E-state index in [1.807, 2.05) is 22.6 Å². The van der Waals surface area contributed by atoms with Crippen LogP contribution < -0.4 is 5.32 Å². The van der Waals surface area contributed by atoms with Gasteiger partial charge in [-0.3, -0.25) is 5.32 Å². The van der Waals surface area contributed by atoms with Crippen LogP contribution in [0.25, 0.3) is 0 Å². The number of carbonyl (C=O) groups is 1. The number of carboxylic acid groups (broad SMARTS) is 1. The van der Waals surface area contributed by atoms with Crippen LogP contribution in [-0.4, -0.2) is 22.5 Å². The van der Waals surface area contributed by atoms with Crippen molar-refractivity contribution in [3.8, 4) is 6.19 Å². The zero-order valence-corrected chi connectivity index (χ0v) is 11.7. The summed E-state index contributed by atoms with van der Waals surface area (Å²) in [6.45, 7) is 0. The molecule has 0 bridgehead atoms.